The first-order valence-electron chi connectivity index (χ1n) is 9.69. The summed E-state index contributed by atoms with van der Waals surface area (Å²) in [5, 5.41) is 6.02. The Balaban J connectivity index is 1.59. The summed E-state index contributed by atoms with van der Waals surface area (Å²) in [7, 11) is -3.74. The highest BCUT2D eigenvalue weighted by atomic mass is 32.2. The second-order valence-corrected chi connectivity index (χ2v) is 8.82. The van der Waals surface area contributed by atoms with E-state index >= 15 is 0 Å². The quantitative estimate of drug-likeness (QED) is 0.488. The highest BCUT2D eigenvalue weighted by Crippen LogP contribution is 2.16. The molecule has 0 aliphatic rings. The van der Waals surface area contributed by atoms with E-state index < -0.39 is 10.0 Å². The van der Waals surface area contributed by atoms with Crippen molar-refractivity contribution in [3.05, 3.63) is 111 Å². The average Bonchev–Trinajstić information content (AvgIpc) is 2.75. The lowest BCUT2D eigenvalue weighted by atomic mass is 10.0. The molecule has 31 heavy (non-hydrogen) atoms. The largest absolute Gasteiger partial charge is 0.322 e. The fraction of sp³-hybridized carbons (Fsp3) is 0.0800. The highest BCUT2D eigenvalue weighted by molar-refractivity contribution is 7.89. The Hall–Kier alpha value is -3.66. The van der Waals surface area contributed by atoms with Crippen molar-refractivity contribution < 1.29 is 8.42 Å². The predicted octanol–water partition coefficient (Wildman–Crippen LogP) is 3.36. The molecule has 4 rings (SSSR count). The van der Waals surface area contributed by atoms with Crippen molar-refractivity contribution in [2.75, 3.05) is 0 Å². The fourth-order valence-electron chi connectivity index (χ4n) is 3.32. The van der Waals surface area contributed by atoms with Gasteiger partial charge in [-0.3, -0.25) is 4.79 Å². The average molecular weight is 429 g/mol. The van der Waals surface area contributed by atoms with Gasteiger partial charge in [0.1, 0.15) is 0 Å². The van der Waals surface area contributed by atoms with Gasteiger partial charge in [0.15, 0.2) is 0 Å². The minimum absolute atomic E-state index is 0.0439. The molecular weight excluding hydrogens is 408 g/mol. The number of hydrogen-bond acceptors (Lipinski definition) is 3. The first kappa shape index (κ1) is 20.6. The number of aromatic nitrogens is 1. The first-order valence-corrected chi connectivity index (χ1v) is 11.2. The molecule has 6 heteroatoms. The smallest absolute Gasteiger partial charge is 0.251 e. The normalized spacial score (nSPS) is 11.1. The number of fused-ring (bicyclic) bond motifs is 1. The summed E-state index contributed by atoms with van der Waals surface area (Å²) in [4.78, 5) is 15.4. The molecular formula is C25H20N2O3S. The molecule has 4 aromatic rings. The third-order valence-electron chi connectivity index (χ3n) is 4.94. The summed E-state index contributed by atoms with van der Waals surface area (Å²) in [6.45, 7) is 0. The summed E-state index contributed by atoms with van der Waals surface area (Å²) < 4.78 is 22.8. The third-order valence-corrected chi connectivity index (χ3v) is 5.86. The number of benzene rings is 3. The summed E-state index contributed by atoms with van der Waals surface area (Å²) in [5.74, 6) is 6.36. The zero-order valence-corrected chi connectivity index (χ0v) is 17.4. The molecule has 1 heterocycles. The molecule has 0 atom stereocenters. The summed E-state index contributed by atoms with van der Waals surface area (Å²) >= 11 is 0. The van der Waals surface area contributed by atoms with Crippen LogP contribution in [0.25, 0.3) is 10.9 Å². The molecule has 3 N–H and O–H groups in total. The number of H-pyrrole nitrogens is 1. The van der Waals surface area contributed by atoms with E-state index in [0.717, 1.165) is 27.6 Å². The monoisotopic (exact) mass is 428 g/mol. The summed E-state index contributed by atoms with van der Waals surface area (Å²) in [6, 6.07) is 23.8. The molecule has 0 aliphatic carbocycles. The molecule has 154 valence electrons. The van der Waals surface area contributed by atoms with Crippen LogP contribution in [0.4, 0.5) is 0 Å². The summed E-state index contributed by atoms with van der Waals surface area (Å²) in [6.07, 6.45) is 1.05. The third kappa shape index (κ3) is 5.10. The fourth-order valence-corrected chi connectivity index (χ4v) is 3.84. The molecule has 0 saturated carbocycles. The molecule has 3 aromatic carbocycles. The van der Waals surface area contributed by atoms with Crippen LogP contribution in [0.2, 0.25) is 0 Å². The van der Waals surface area contributed by atoms with Gasteiger partial charge in [0.05, 0.1) is 4.90 Å². The second kappa shape index (κ2) is 8.60. The van der Waals surface area contributed by atoms with Crippen LogP contribution in [-0.4, -0.2) is 13.4 Å². The van der Waals surface area contributed by atoms with Crippen molar-refractivity contribution >= 4 is 20.9 Å². The van der Waals surface area contributed by atoms with Crippen LogP contribution < -0.4 is 10.7 Å². The van der Waals surface area contributed by atoms with E-state index in [1.807, 2.05) is 54.6 Å². The zero-order valence-electron chi connectivity index (χ0n) is 16.6. The van der Waals surface area contributed by atoms with Crippen molar-refractivity contribution in [1.29, 1.82) is 0 Å². The lowest BCUT2D eigenvalue weighted by Gasteiger charge is -2.05. The van der Waals surface area contributed by atoms with Crippen LogP contribution >= 0.6 is 0 Å². The SMILES string of the molecule is NS(=O)(=O)c1ccc(Cc2cc3cc(C#CCc4ccccc4)ccc3[nH]c2=O)cc1. The lowest BCUT2D eigenvalue weighted by Crippen LogP contribution is -2.13. The molecule has 0 bridgehead atoms. The van der Waals surface area contributed by atoms with Gasteiger partial charge in [-0.15, -0.1) is 0 Å². The van der Waals surface area contributed by atoms with Gasteiger partial charge in [0.25, 0.3) is 5.56 Å². The number of nitrogens with two attached hydrogens (primary N) is 1. The number of sulfonamides is 1. The molecule has 0 radical (unpaired) electrons. The summed E-state index contributed by atoms with van der Waals surface area (Å²) in [5.41, 5.74) is 4.01. The Morgan fingerprint density at radius 1 is 0.871 bits per heavy atom. The van der Waals surface area contributed by atoms with Gasteiger partial charge in [0, 0.05) is 29.5 Å². The zero-order chi connectivity index (χ0) is 21.8. The topological polar surface area (TPSA) is 93.0 Å². The van der Waals surface area contributed by atoms with Crippen molar-refractivity contribution in [2.45, 2.75) is 17.7 Å². The van der Waals surface area contributed by atoms with E-state index in [-0.39, 0.29) is 10.5 Å². The van der Waals surface area contributed by atoms with E-state index in [4.69, 9.17) is 5.14 Å². The molecule has 0 fully saturated rings. The molecule has 0 unspecified atom stereocenters. The van der Waals surface area contributed by atoms with Crippen LogP contribution in [0.3, 0.4) is 0 Å². The van der Waals surface area contributed by atoms with E-state index in [9.17, 15) is 13.2 Å². The minimum Gasteiger partial charge on any atom is -0.322 e. The number of rotatable bonds is 4. The number of primary sulfonamides is 1. The van der Waals surface area contributed by atoms with Gasteiger partial charge in [-0.2, -0.15) is 0 Å². The number of nitrogens with one attached hydrogen (secondary N) is 1. The Kier molecular flexibility index (Phi) is 5.72. The van der Waals surface area contributed by atoms with Crippen LogP contribution in [0, 0.1) is 11.8 Å². The maximum absolute atomic E-state index is 12.5. The van der Waals surface area contributed by atoms with Gasteiger partial charge in [-0.05, 0) is 52.9 Å². The number of aromatic amines is 1. The van der Waals surface area contributed by atoms with Crippen LogP contribution in [0.15, 0.2) is 88.6 Å². The Morgan fingerprint density at radius 3 is 2.32 bits per heavy atom. The number of pyridine rings is 1. The van der Waals surface area contributed by atoms with E-state index in [1.54, 1.807) is 12.1 Å². The predicted molar refractivity (Wildman–Crippen MR) is 122 cm³/mol. The second-order valence-electron chi connectivity index (χ2n) is 7.26. The van der Waals surface area contributed by atoms with Crippen LogP contribution in [0.5, 0.6) is 0 Å². The van der Waals surface area contributed by atoms with Gasteiger partial charge >= 0.3 is 0 Å². The van der Waals surface area contributed by atoms with Crippen LogP contribution in [0.1, 0.15) is 22.3 Å². The molecule has 0 spiro atoms. The molecule has 5 nitrogen and oxygen atoms in total. The Labute approximate surface area is 180 Å². The number of hydrogen-bond donors (Lipinski definition) is 2. The minimum atomic E-state index is -3.74. The Bertz CT molecular complexity index is 1460. The van der Waals surface area contributed by atoms with Crippen molar-refractivity contribution in [3.8, 4) is 11.8 Å². The molecule has 1 aromatic heterocycles. The maximum atomic E-state index is 12.5. The van der Waals surface area contributed by atoms with Gasteiger partial charge < -0.3 is 4.98 Å². The maximum Gasteiger partial charge on any atom is 0.251 e. The van der Waals surface area contributed by atoms with Gasteiger partial charge in [-0.25, -0.2) is 13.6 Å². The Morgan fingerprint density at radius 2 is 1.61 bits per heavy atom. The van der Waals surface area contributed by atoms with Gasteiger partial charge in [-0.1, -0.05) is 54.3 Å². The van der Waals surface area contributed by atoms with Crippen LogP contribution in [-0.2, 0) is 22.9 Å². The van der Waals surface area contributed by atoms with Crippen molar-refractivity contribution in [2.24, 2.45) is 5.14 Å². The standard InChI is InChI=1S/C25H20N2O3S/c26-31(29,30)23-12-9-20(10-13-23)16-22-17-21-15-19(11-14-24(21)27-25(22)28)8-4-7-18-5-2-1-3-6-18/h1-3,5-6,9-15,17H,7,16H2,(H,27,28)(H2,26,29,30). The highest BCUT2D eigenvalue weighted by Gasteiger charge is 2.09. The van der Waals surface area contributed by atoms with Crippen molar-refractivity contribution in [1.82, 2.24) is 4.98 Å². The first-order chi connectivity index (χ1) is 14.9. The van der Waals surface area contributed by atoms with Crippen molar-refractivity contribution in [3.63, 3.8) is 0 Å². The van der Waals surface area contributed by atoms with Gasteiger partial charge in [0.2, 0.25) is 10.0 Å². The van der Waals surface area contributed by atoms with E-state index in [1.165, 1.54) is 12.1 Å². The van der Waals surface area contributed by atoms with E-state index in [0.29, 0.717) is 18.4 Å². The molecule has 0 amide bonds. The lowest BCUT2D eigenvalue weighted by molar-refractivity contribution is 0.598. The van der Waals surface area contributed by atoms with E-state index in [2.05, 4.69) is 16.8 Å². The molecule has 0 aliphatic heterocycles. The molecule has 0 saturated heterocycles.